The first kappa shape index (κ1) is 17.2. The molecule has 3 aromatic rings. The number of amidine groups is 1. The zero-order chi connectivity index (χ0) is 17.3. The van der Waals surface area contributed by atoms with Gasteiger partial charge in [0, 0.05) is 32.2 Å². The van der Waals surface area contributed by atoms with Gasteiger partial charge in [0.1, 0.15) is 10.8 Å². The van der Waals surface area contributed by atoms with Crippen LogP contribution in [-0.2, 0) is 16.8 Å². The second-order valence-corrected chi connectivity index (χ2v) is 8.18. The smallest absolute Gasteiger partial charge is 0.133 e. The van der Waals surface area contributed by atoms with Gasteiger partial charge in [-0.1, -0.05) is 23.7 Å². The predicted octanol–water partition coefficient (Wildman–Crippen LogP) is 3.86. The Bertz CT molecular complexity index is 918. The SMILES string of the molecule is N=C(N)c1cc(-c2nc(-c3ccc(Cl)cc3)cs2)c(CS(=O)[O-])s1. The Balaban J connectivity index is 2.01. The van der Waals surface area contributed by atoms with Crippen molar-refractivity contribution in [3.63, 3.8) is 0 Å². The van der Waals surface area contributed by atoms with Gasteiger partial charge in [-0.15, -0.1) is 22.7 Å². The van der Waals surface area contributed by atoms with Crippen molar-refractivity contribution in [1.29, 1.82) is 5.41 Å². The van der Waals surface area contributed by atoms with Crippen LogP contribution < -0.4 is 5.73 Å². The van der Waals surface area contributed by atoms with E-state index in [1.807, 2.05) is 17.5 Å². The molecule has 0 saturated carbocycles. The zero-order valence-electron chi connectivity index (χ0n) is 12.1. The molecule has 2 heterocycles. The van der Waals surface area contributed by atoms with Gasteiger partial charge >= 0.3 is 0 Å². The number of halogens is 1. The molecule has 0 fully saturated rings. The largest absolute Gasteiger partial charge is 0.772 e. The van der Waals surface area contributed by atoms with Crippen LogP contribution in [0.4, 0.5) is 0 Å². The lowest BCUT2D eigenvalue weighted by Crippen LogP contribution is -2.08. The van der Waals surface area contributed by atoms with Crippen LogP contribution in [0.2, 0.25) is 5.02 Å². The molecule has 5 nitrogen and oxygen atoms in total. The molecule has 0 aliphatic rings. The average molecular weight is 397 g/mol. The van der Waals surface area contributed by atoms with Gasteiger partial charge in [-0.3, -0.25) is 9.62 Å². The second-order valence-electron chi connectivity index (χ2n) is 4.85. The van der Waals surface area contributed by atoms with Crippen LogP contribution in [0.1, 0.15) is 9.75 Å². The van der Waals surface area contributed by atoms with Gasteiger partial charge in [0.15, 0.2) is 0 Å². The third-order valence-electron chi connectivity index (χ3n) is 3.20. The number of thiazole rings is 1. The maximum atomic E-state index is 11.1. The first-order valence-electron chi connectivity index (χ1n) is 6.69. The Morgan fingerprint density at radius 2 is 2.08 bits per heavy atom. The molecule has 1 atom stereocenters. The summed E-state index contributed by atoms with van der Waals surface area (Å²) in [6, 6.07) is 9.06. The van der Waals surface area contributed by atoms with Crippen LogP contribution in [-0.4, -0.2) is 19.6 Å². The Morgan fingerprint density at radius 3 is 2.71 bits per heavy atom. The summed E-state index contributed by atoms with van der Waals surface area (Å²) in [5, 5.41) is 10.8. The van der Waals surface area contributed by atoms with Gasteiger partial charge in [0.25, 0.3) is 0 Å². The number of aromatic nitrogens is 1. The van der Waals surface area contributed by atoms with Crippen molar-refractivity contribution < 1.29 is 8.76 Å². The molecule has 0 aliphatic carbocycles. The molecule has 1 unspecified atom stereocenters. The summed E-state index contributed by atoms with van der Waals surface area (Å²) >= 11 is 6.30. The molecule has 0 saturated heterocycles. The summed E-state index contributed by atoms with van der Waals surface area (Å²) in [4.78, 5) is 5.76. The van der Waals surface area contributed by atoms with Gasteiger partial charge in [0.2, 0.25) is 0 Å². The van der Waals surface area contributed by atoms with Crippen molar-refractivity contribution in [3.05, 3.63) is 50.5 Å². The molecule has 0 aliphatic heterocycles. The molecule has 0 amide bonds. The normalized spacial score (nSPS) is 12.2. The molecule has 1 aromatic carbocycles. The topological polar surface area (TPSA) is 103 Å². The van der Waals surface area contributed by atoms with Crippen molar-refractivity contribution >= 4 is 51.2 Å². The maximum Gasteiger partial charge on any atom is 0.133 e. The maximum absolute atomic E-state index is 11.1. The van der Waals surface area contributed by atoms with Gasteiger partial charge in [-0.25, -0.2) is 4.98 Å². The monoisotopic (exact) mass is 396 g/mol. The molecule has 9 heteroatoms. The van der Waals surface area contributed by atoms with E-state index in [4.69, 9.17) is 22.7 Å². The van der Waals surface area contributed by atoms with E-state index in [1.54, 1.807) is 18.2 Å². The third-order valence-corrected chi connectivity index (χ3v) is 6.20. The lowest BCUT2D eigenvalue weighted by molar-refractivity contribution is 0.536. The Morgan fingerprint density at radius 1 is 1.38 bits per heavy atom. The molecule has 0 bridgehead atoms. The summed E-state index contributed by atoms with van der Waals surface area (Å²) in [7, 11) is 0. The number of nitrogens with one attached hydrogen (secondary N) is 1. The minimum atomic E-state index is -2.22. The van der Waals surface area contributed by atoms with Crippen LogP contribution in [0, 0.1) is 5.41 Å². The van der Waals surface area contributed by atoms with E-state index in [9.17, 15) is 8.76 Å². The number of rotatable bonds is 5. The molecular formula is C15H11ClN3O2S3-. The Labute approximate surface area is 153 Å². The molecule has 24 heavy (non-hydrogen) atoms. The van der Waals surface area contributed by atoms with Gasteiger partial charge in [0.05, 0.1) is 10.6 Å². The highest BCUT2D eigenvalue weighted by Crippen LogP contribution is 2.36. The lowest BCUT2D eigenvalue weighted by Gasteiger charge is -2.04. The number of nitrogens with zero attached hydrogens (tertiary/aromatic N) is 1. The molecule has 3 rings (SSSR count). The standard InChI is InChI=1S/C15H12ClN3O2S3/c16-9-3-1-8(2-4-9)11-6-22-15(19-11)10-5-12(14(17)18)23-13(10)7-24(20)21/h1-6H,7H2,(H3,17,18)(H,20,21)/p-1. The number of hydrogen-bond acceptors (Lipinski definition) is 6. The van der Waals surface area contributed by atoms with Gasteiger partial charge < -0.3 is 10.3 Å². The highest BCUT2D eigenvalue weighted by molar-refractivity contribution is 7.78. The Hall–Kier alpha value is -1.58. The second kappa shape index (κ2) is 7.12. The van der Waals surface area contributed by atoms with Crippen LogP contribution >= 0.6 is 34.3 Å². The highest BCUT2D eigenvalue weighted by atomic mass is 35.5. The summed E-state index contributed by atoms with van der Waals surface area (Å²) in [5.74, 6) is -0.206. The van der Waals surface area contributed by atoms with E-state index in [0.29, 0.717) is 25.3 Å². The van der Waals surface area contributed by atoms with Crippen molar-refractivity contribution in [2.45, 2.75) is 5.75 Å². The summed E-state index contributed by atoms with van der Waals surface area (Å²) in [6.45, 7) is 0. The van der Waals surface area contributed by atoms with Crippen molar-refractivity contribution in [2.75, 3.05) is 0 Å². The first-order valence-corrected chi connectivity index (χ1v) is 10.0. The third kappa shape index (κ3) is 3.73. The average Bonchev–Trinajstić information content (AvgIpc) is 3.14. The number of hydrogen-bond donors (Lipinski definition) is 2. The van der Waals surface area contributed by atoms with E-state index in [1.165, 1.54) is 22.7 Å². The molecular weight excluding hydrogens is 386 g/mol. The molecule has 0 spiro atoms. The van der Waals surface area contributed by atoms with Crippen LogP contribution in [0.25, 0.3) is 21.8 Å². The van der Waals surface area contributed by atoms with E-state index >= 15 is 0 Å². The van der Waals surface area contributed by atoms with Crippen LogP contribution in [0.5, 0.6) is 0 Å². The summed E-state index contributed by atoms with van der Waals surface area (Å²) < 4.78 is 22.2. The van der Waals surface area contributed by atoms with E-state index in [0.717, 1.165) is 11.3 Å². The van der Waals surface area contributed by atoms with Gasteiger partial charge in [-0.05, 0) is 29.3 Å². The van der Waals surface area contributed by atoms with Gasteiger partial charge in [-0.2, -0.15) is 0 Å². The predicted molar refractivity (Wildman–Crippen MR) is 99.5 cm³/mol. The van der Waals surface area contributed by atoms with Crippen molar-refractivity contribution in [1.82, 2.24) is 4.98 Å². The fourth-order valence-corrected chi connectivity index (χ4v) is 4.88. The zero-order valence-corrected chi connectivity index (χ0v) is 15.3. The fourth-order valence-electron chi connectivity index (χ4n) is 2.11. The number of nitrogen functional groups attached to an aromatic ring is 1. The Kier molecular flexibility index (Phi) is 5.12. The molecule has 2 aromatic heterocycles. The lowest BCUT2D eigenvalue weighted by atomic mass is 10.2. The molecule has 3 N–H and O–H groups in total. The number of nitrogens with two attached hydrogens (primary N) is 1. The first-order chi connectivity index (χ1) is 11.4. The van der Waals surface area contributed by atoms with Crippen molar-refractivity contribution in [2.24, 2.45) is 5.73 Å². The van der Waals surface area contributed by atoms with Crippen molar-refractivity contribution in [3.8, 4) is 21.8 Å². The molecule has 0 radical (unpaired) electrons. The van der Waals surface area contributed by atoms with Crippen LogP contribution in [0.15, 0.2) is 35.7 Å². The van der Waals surface area contributed by atoms with Crippen LogP contribution in [0.3, 0.4) is 0 Å². The highest BCUT2D eigenvalue weighted by Gasteiger charge is 2.16. The fraction of sp³-hybridized carbons (Fsp3) is 0.0667. The summed E-state index contributed by atoms with van der Waals surface area (Å²) in [5.41, 5.74) is 7.95. The summed E-state index contributed by atoms with van der Waals surface area (Å²) in [6.07, 6.45) is 0. The number of thiophene rings is 1. The van der Waals surface area contributed by atoms with E-state index in [-0.39, 0.29) is 11.6 Å². The minimum Gasteiger partial charge on any atom is -0.772 e. The molecule has 124 valence electrons. The quantitative estimate of drug-likeness (QED) is 0.388. The number of benzene rings is 1. The van der Waals surface area contributed by atoms with E-state index < -0.39 is 11.1 Å². The van der Waals surface area contributed by atoms with E-state index in [2.05, 4.69) is 4.98 Å². The minimum absolute atomic E-state index is 0.0846.